The van der Waals surface area contributed by atoms with E-state index in [9.17, 15) is 9.59 Å². The lowest BCUT2D eigenvalue weighted by Crippen LogP contribution is -2.57. The smallest absolute Gasteiger partial charge is 0.271 e. The van der Waals surface area contributed by atoms with Crippen molar-refractivity contribution >= 4 is 24.2 Å². The molecule has 2 N–H and O–H groups in total. The summed E-state index contributed by atoms with van der Waals surface area (Å²) in [5.74, 6) is 0.0791. The number of benzene rings is 1. The fraction of sp³-hybridized carbons (Fsp3) is 0.421. The van der Waals surface area contributed by atoms with Gasteiger partial charge in [0, 0.05) is 37.8 Å². The maximum Gasteiger partial charge on any atom is 0.271 e. The quantitative estimate of drug-likeness (QED) is 0.834. The second kappa shape index (κ2) is 8.54. The van der Waals surface area contributed by atoms with Gasteiger partial charge < -0.3 is 15.1 Å². The molecule has 1 aromatic heterocycles. The van der Waals surface area contributed by atoms with Gasteiger partial charge in [-0.15, -0.1) is 12.4 Å². The summed E-state index contributed by atoms with van der Waals surface area (Å²) in [5, 5.41) is 10.2. The molecule has 2 fully saturated rings. The lowest BCUT2D eigenvalue weighted by Gasteiger charge is -2.41. The number of carbonyl (C=O) groups excluding carboxylic acids is 2. The van der Waals surface area contributed by atoms with Crippen LogP contribution in [0.1, 0.15) is 23.3 Å². The first-order valence-electron chi connectivity index (χ1n) is 9.12. The molecular weight excluding hydrogens is 366 g/mol. The van der Waals surface area contributed by atoms with Crippen LogP contribution < -0.4 is 5.32 Å². The van der Waals surface area contributed by atoms with Gasteiger partial charge in [0.1, 0.15) is 5.69 Å². The zero-order valence-corrected chi connectivity index (χ0v) is 15.9. The van der Waals surface area contributed by atoms with Crippen LogP contribution in [-0.4, -0.2) is 70.6 Å². The average molecular weight is 390 g/mol. The molecule has 144 valence electrons. The van der Waals surface area contributed by atoms with Crippen molar-refractivity contribution < 1.29 is 9.59 Å². The van der Waals surface area contributed by atoms with Crippen LogP contribution in [0, 0.1) is 0 Å². The van der Waals surface area contributed by atoms with E-state index in [1.165, 1.54) is 0 Å². The Morgan fingerprint density at radius 3 is 2.78 bits per heavy atom. The molecule has 1 atom stereocenters. The first kappa shape index (κ1) is 19.4. The zero-order valence-electron chi connectivity index (χ0n) is 15.1. The van der Waals surface area contributed by atoms with Crippen molar-refractivity contribution in [3.05, 3.63) is 42.1 Å². The number of rotatable bonds is 3. The second-order valence-electron chi connectivity index (χ2n) is 6.84. The number of hydrogen-bond donors (Lipinski definition) is 2. The van der Waals surface area contributed by atoms with Gasteiger partial charge in [0.05, 0.1) is 12.2 Å². The van der Waals surface area contributed by atoms with E-state index < -0.39 is 0 Å². The summed E-state index contributed by atoms with van der Waals surface area (Å²) in [6.07, 6.45) is 1.86. The van der Waals surface area contributed by atoms with E-state index in [2.05, 4.69) is 15.5 Å². The first-order chi connectivity index (χ1) is 12.7. The summed E-state index contributed by atoms with van der Waals surface area (Å²) in [4.78, 5) is 28.8. The Hall–Kier alpha value is -2.38. The molecule has 2 amide bonds. The minimum atomic E-state index is -0.0491. The van der Waals surface area contributed by atoms with Crippen LogP contribution >= 0.6 is 12.4 Å². The Labute approximate surface area is 164 Å². The highest BCUT2D eigenvalue weighted by molar-refractivity contribution is 5.93. The van der Waals surface area contributed by atoms with E-state index in [-0.39, 0.29) is 30.3 Å². The number of aromatic nitrogens is 2. The number of H-pyrrole nitrogens is 1. The minimum Gasteiger partial charge on any atom is -0.336 e. The summed E-state index contributed by atoms with van der Waals surface area (Å²) in [7, 11) is 0. The lowest BCUT2D eigenvalue weighted by atomic mass is 10.0. The monoisotopic (exact) mass is 389 g/mol. The number of nitrogens with one attached hydrogen (secondary N) is 2. The van der Waals surface area contributed by atoms with E-state index in [1.807, 2.05) is 40.1 Å². The SMILES string of the molecule is Cl.O=C(c1cc(-c2ccccc2)n[nH]1)N1CCCC(N2CCNCC2=O)C1. The number of aromatic amines is 1. The molecule has 4 rings (SSSR count). The van der Waals surface area contributed by atoms with Crippen molar-refractivity contribution in [2.24, 2.45) is 0 Å². The van der Waals surface area contributed by atoms with E-state index in [4.69, 9.17) is 0 Å². The number of piperazine rings is 1. The first-order valence-corrected chi connectivity index (χ1v) is 9.12. The third-order valence-corrected chi connectivity index (χ3v) is 5.13. The number of halogens is 1. The summed E-state index contributed by atoms with van der Waals surface area (Å²) in [6.45, 7) is 3.23. The molecule has 1 aromatic carbocycles. The molecule has 3 heterocycles. The Balaban J connectivity index is 0.00000210. The van der Waals surface area contributed by atoms with Gasteiger partial charge in [0.2, 0.25) is 5.91 Å². The highest BCUT2D eigenvalue weighted by atomic mass is 35.5. The third kappa shape index (κ3) is 4.14. The number of likely N-dealkylation sites (tertiary alicyclic amines) is 1. The summed E-state index contributed by atoms with van der Waals surface area (Å²) in [6, 6.07) is 11.7. The number of carbonyl (C=O) groups is 2. The lowest BCUT2D eigenvalue weighted by molar-refractivity contribution is -0.135. The summed E-state index contributed by atoms with van der Waals surface area (Å²) < 4.78 is 0. The van der Waals surface area contributed by atoms with Crippen molar-refractivity contribution in [3.8, 4) is 11.3 Å². The molecular formula is C19H24ClN5O2. The molecule has 0 bridgehead atoms. The standard InChI is InChI=1S/C19H23N5O2.ClH/c25-18-12-20-8-10-24(18)15-7-4-9-23(13-15)19(26)17-11-16(21-22-17)14-5-2-1-3-6-14;/h1-3,5-6,11,15,20H,4,7-10,12-13H2,(H,21,22);1H. The number of piperidine rings is 1. The molecule has 0 radical (unpaired) electrons. The van der Waals surface area contributed by atoms with Gasteiger partial charge in [-0.1, -0.05) is 30.3 Å². The van der Waals surface area contributed by atoms with Gasteiger partial charge >= 0.3 is 0 Å². The van der Waals surface area contributed by atoms with Crippen LogP contribution in [0.15, 0.2) is 36.4 Å². The van der Waals surface area contributed by atoms with Gasteiger partial charge in [-0.2, -0.15) is 5.10 Å². The van der Waals surface area contributed by atoms with E-state index in [0.717, 1.165) is 37.2 Å². The van der Waals surface area contributed by atoms with E-state index in [1.54, 1.807) is 6.07 Å². The van der Waals surface area contributed by atoms with Crippen LogP contribution in [-0.2, 0) is 4.79 Å². The van der Waals surface area contributed by atoms with Crippen LogP contribution in [0.3, 0.4) is 0 Å². The Bertz CT molecular complexity index is 794. The largest absolute Gasteiger partial charge is 0.336 e. The van der Waals surface area contributed by atoms with Gasteiger partial charge in [0.25, 0.3) is 5.91 Å². The molecule has 2 aromatic rings. The van der Waals surface area contributed by atoms with Crippen LogP contribution in [0.5, 0.6) is 0 Å². The van der Waals surface area contributed by atoms with Crippen LogP contribution in [0.2, 0.25) is 0 Å². The molecule has 1 unspecified atom stereocenters. The van der Waals surface area contributed by atoms with Crippen molar-refractivity contribution in [1.82, 2.24) is 25.3 Å². The highest BCUT2D eigenvalue weighted by Gasteiger charge is 2.32. The molecule has 2 saturated heterocycles. The van der Waals surface area contributed by atoms with Crippen LogP contribution in [0.25, 0.3) is 11.3 Å². The van der Waals surface area contributed by atoms with Gasteiger partial charge in [0.15, 0.2) is 0 Å². The fourth-order valence-corrected chi connectivity index (χ4v) is 3.76. The Morgan fingerprint density at radius 2 is 2.00 bits per heavy atom. The molecule has 0 aliphatic carbocycles. The predicted octanol–water partition coefficient (Wildman–Crippen LogP) is 1.53. The van der Waals surface area contributed by atoms with Crippen LogP contribution in [0.4, 0.5) is 0 Å². The summed E-state index contributed by atoms with van der Waals surface area (Å²) in [5.41, 5.74) is 2.24. The predicted molar refractivity (Wildman–Crippen MR) is 105 cm³/mol. The molecule has 8 heteroatoms. The molecule has 7 nitrogen and oxygen atoms in total. The van der Waals surface area contributed by atoms with Crippen molar-refractivity contribution in [1.29, 1.82) is 0 Å². The number of nitrogens with zero attached hydrogens (tertiary/aromatic N) is 3. The highest BCUT2D eigenvalue weighted by Crippen LogP contribution is 2.21. The van der Waals surface area contributed by atoms with Crippen molar-refractivity contribution in [2.75, 3.05) is 32.7 Å². The van der Waals surface area contributed by atoms with Gasteiger partial charge in [-0.25, -0.2) is 0 Å². The molecule has 2 aliphatic heterocycles. The number of hydrogen-bond acceptors (Lipinski definition) is 4. The number of amides is 2. The van der Waals surface area contributed by atoms with Crippen molar-refractivity contribution in [2.45, 2.75) is 18.9 Å². The zero-order chi connectivity index (χ0) is 17.9. The Morgan fingerprint density at radius 1 is 1.19 bits per heavy atom. The maximum absolute atomic E-state index is 12.9. The van der Waals surface area contributed by atoms with Gasteiger partial charge in [-0.05, 0) is 18.9 Å². The van der Waals surface area contributed by atoms with Gasteiger partial charge in [-0.3, -0.25) is 14.7 Å². The average Bonchev–Trinajstić information content (AvgIpc) is 3.19. The summed E-state index contributed by atoms with van der Waals surface area (Å²) >= 11 is 0. The molecule has 0 spiro atoms. The molecule has 0 saturated carbocycles. The normalized spacial score (nSPS) is 20.3. The van der Waals surface area contributed by atoms with E-state index in [0.29, 0.717) is 25.3 Å². The third-order valence-electron chi connectivity index (χ3n) is 5.13. The minimum absolute atomic E-state index is 0. The topological polar surface area (TPSA) is 81.3 Å². The molecule has 2 aliphatic rings. The van der Waals surface area contributed by atoms with E-state index >= 15 is 0 Å². The Kier molecular flexibility index (Phi) is 6.13. The maximum atomic E-state index is 12.9. The molecule has 27 heavy (non-hydrogen) atoms. The van der Waals surface area contributed by atoms with Crippen molar-refractivity contribution in [3.63, 3.8) is 0 Å². The fourth-order valence-electron chi connectivity index (χ4n) is 3.76. The second-order valence-corrected chi connectivity index (χ2v) is 6.84.